The number of pyridine rings is 1. The molecule has 0 radical (unpaired) electrons. The molecule has 0 aliphatic carbocycles. The molecule has 0 spiro atoms. The zero-order valence-corrected chi connectivity index (χ0v) is 8.69. The van der Waals surface area contributed by atoms with Gasteiger partial charge in [-0.05, 0) is 18.2 Å². The van der Waals surface area contributed by atoms with Gasteiger partial charge in [-0.1, -0.05) is 0 Å². The lowest BCUT2D eigenvalue weighted by atomic mass is 10.2. The van der Waals surface area contributed by atoms with E-state index >= 15 is 0 Å². The molecule has 0 aliphatic heterocycles. The van der Waals surface area contributed by atoms with E-state index in [1.54, 1.807) is 24.4 Å². The lowest BCUT2D eigenvalue weighted by molar-refractivity contribution is 0.476. The Morgan fingerprint density at radius 3 is 2.75 bits per heavy atom. The van der Waals surface area contributed by atoms with Crippen LogP contribution in [0.25, 0.3) is 21.8 Å². The number of benzene rings is 1. The van der Waals surface area contributed by atoms with Gasteiger partial charge >= 0.3 is 0 Å². The van der Waals surface area contributed by atoms with Crippen LogP contribution in [0.3, 0.4) is 0 Å². The smallest absolute Gasteiger partial charge is 0.248 e. The fraction of sp³-hybridized carbons (Fsp3) is 0.0833. The number of aromatic amines is 1. The molecule has 4 nitrogen and oxygen atoms in total. The number of hydrogen-bond acceptors (Lipinski definition) is 2. The highest BCUT2D eigenvalue weighted by molar-refractivity contribution is 6.08. The monoisotopic (exact) mass is 214 g/mol. The van der Waals surface area contributed by atoms with Crippen LogP contribution in [0.5, 0.6) is 5.75 Å². The zero-order chi connectivity index (χ0) is 11.3. The molecule has 2 aromatic heterocycles. The highest BCUT2D eigenvalue weighted by atomic mass is 16.3. The summed E-state index contributed by atoms with van der Waals surface area (Å²) in [5.74, 6) is 0.209. The lowest BCUT2D eigenvalue weighted by Crippen LogP contribution is -2.01. The Balaban J connectivity index is 2.66. The average molecular weight is 214 g/mol. The summed E-state index contributed by atoms with van der Waals surface area (Å²) in [5.41, 5.74) is 1.80. The van der Waals surface area contributed by atoms with Gasteiger partial charge in [0.1, 0.15) is 5.75 Å². The molecule has 2 heterocycles. The number of phenolic OH excluding ortho intramolecular Hbond substituents is 1. The van der Waals surface area contributed by atoms with Crippen molar-refractivity contribution < 1.29 is 5.11 Å². The Morgan fingerprint density at radius 1 is 1.19 bits per heavy atom. The Kier molecular flexibility index (Phi) is 1.63. The summed E-state index contributed by atoms with van der Waals surface area (Å²) in [4.78, 5) is 13.9. The van der Waals surface area contributed by atoms with Crippen LogP contribution in [0.15, 0.2) is 35.3 Å². The molecule has 0 saturated carbocycles. The molecule has 0 saturated heterocycles. The van der Waals surface area contributed by atoms with Gasteiger partial charge in [0.05, 0.1) is 5.52 Å². The number of aryl methyl sites for hydroxylation is 1. The van der Waals surface area contributed by atoms with Crippen molar-refractivity contribution >= 4 is 21.8 Å². The van der Waals surface area contributed by atoms with Gasteiger partial charge in [0.25, 0.3) is 0 Å². The molecular formula is C12H10N2O2. The summed E-state index contributed by atoms with van der Waals surface area (Å²) < 4.78 is 1.99. The Morgan fingerprint density at radius 2 is 1.94 bits per heavy atom. The standard InChI is InChI=1S/C12H10N2O2/c1-14-10-3-2-7(15)4-8(10)9-5-12(16)13-6-11(9)14/h2-6,15H,1H3,(H,13,16). The number of nitrogens with one attached hydrogen (secondary N) is 1. The van der Waals surface area contributed by atoms with E-state index in [1.807, 2.05) is 17.7 Å². The highest BCUT2D eigenvalue weighted by Crippen LogP contribution is 2.28. The van der Waals surface area contributed by atoms with E-state index < -0.39 is 0 Å². The van der Waals surface area contributed by atoms with E-state index in [0.29, 0.717) is 0 Å². The number of H-pyrrole nitrogens is 1. The van der Waals surface area contributed by atoms with Crippen molar-refractivity contribution in [3.63, 3.8) is 0 Å². The van der Waals surface area contributed by atoms with Crippen molar-refractivity contribution in [3.05, 3.63) is 40.8 Å². The molecular weight excluding hydrogens is 204 g/mol. The summed E-state index contributed by atoms with van der Waals surface area (Å²) >= 11 is 0. The molecule has 1 aromatic carbocycles. The maximum atomic E-state index is 11.3. The fourth-order valence-corrected chi connectivity index (χ4v) is 2.12. The van der Waals surface area contributed by atoms with Crippen LogP contribution >= 0.6 is 0 Å². The van der Waals surface area contributed by atoms with E-state index in [9.17, 15) is 9.90 Å². The molecule has 0 atom stereocenters. The van der Waals surface area contributed by atoms with Crippen LogP contribution in [0.1, 0.15) is 0 Å². The average Bonchev–Trinajstić information content (AvgIpc) is 2.52. The molecule has 0 unspecified atom stereocenters. The predicted molar refractivity (Wildman–Crippen MR) is 62.7 cm³/mol. The second-order valence-corrected chi connectivity index (χ2v) is 3.86. The number of hydrogen-bond donors (Lipinski definition) is 2. The van der Waals surface area contributed by atoms with Crippen LogP contribution in [0.4, 0.5) is 0 Å². The molecule has 16 heavy (non-hydrogen) atoms. The van der Waals surface area contributed by atoms with Crippen LogP contribution < -0.4 is 5.56 Å². The summed E-state index contributed by atoms with van der Waals surface area (Å²) in [6.07, 6.45) is 1.69. The van der Waals surface area contributed by atoms with Crippen molar-refractivity contribution in [2.45, 2.75) is 0 Å². The first-order valence-electron chi connectivity index (χ1n) is 4.96. The number of phenols is 1. The Hall–Kier alpha value is -2.23. The first kappa shape index (κ1) is 9.03. The predicted octanol–water partition coefficient (Wildman–Crippen LogP) is 1.73. The van der Waals surface area contributed by atoms with Crippen molar-refractivity contribution in [3.8, 4) is 5.75 Å². The molecule has 3 aromatic rings. The van der Waals surface area contributed by atoms with E-state index in [0.717, 1.165) is 21.8 Å². The molecule has 4 heteroatoms. The highest BCUT2D eigenvalue weighted by Gasteiger charge is 2.08. The topological polar surface area (TPSA) is 58.0 Å². The minimum atomic E-state index is -0.136. The van der Waals surface area contributed by atoms with Gasteiger partial charge in [0.15, 0.2) is 0 Å². The molecule has 3 rings (SSSR count). The maximum Gasteiger partial charge on any atom is 0.248 e. The Bertz CT molecular complexity index is 753. The second-order valence-electron chi connectivity index (χ2n) is 3.86. The van der Waals surface area contributed by atoms with Gasteiger partial charge < -0.3 is 14.7 Å². The van der Waals surface area contributed by atoms with Gasteiger partial charge in [-0.3, -0.25) is 4.79 Å². The van der Waals surface area contributed by atoms with Crippen LogP contribution in [-0.2, 0) is 7.05 Å². The summed E-state index contributed by atoms with van der Waals surface area (Å²) in [6, 6.07) is 6.71. The third-order valence-electron chi connectivity index (χ3n) is 2.90. The SMILES string of the molecule is Cn1c2ccc(O)cc2c2cc(=O)[nH]cc21. The first-order valence-corrected chi connectivity index (χ1v) is 4.96. The molecule has 80 valence electrons. The number of aromatic hydroxyl groups is 1. The van der Waals surface area contributed by atoms with Crippen LogP contribution in [0, 0.1) is 0 Å². The quantitative estimate of drug-likeness (QED) is 0.598. The van der Waals surface area contributed by atoms with Crippen molar-refractivity contribution in [2.75, 3.05) is 0 Å². The van der Waals surface area contributed by atoms with E-state index in [-0.39, 0.29) is 11.3 Å². The minimum Gasteiger partial charge on any atom is -0.508 e. The van der Waals surface area contributed by atoms with Crippen molar-refractivity contribution in [1.29, 1.82) is 0 Å². The number of fused-ring (bicyclic) bond motifs is 3. The molecule has 2 N–H and O–H groups in total. The summed E-state index contributed by atoms with van der Waals surface area (Å²) in [5, 5.41) is 11.2. The van der Waals surface area contributed by atoms with Gasteiger partial charge in [-0.25, -0.2) is 0 Å². The third-order valence-corrected chi connectivity index (χ3v) is 2.90. The number of aromatic nitrogens is 2. The van der Waals surface area contributed by atoms with E-state index in [2.05, 4.69) is 4.98 Å². The largest absolute Gasteiger partial charge is 0.508 e. The number of rotatable bonds is 0. The van der Waals surface area contributed by atoms with E-state index in [1.165, 1.54) is 0 Å². The van der Waals surface area contributed by atoms with Gasteiger partial charge in [0, 0.05) is 35.6 Å². The summed E-state index contributed by atoms with van der Waals surface area (Å²) in [7, 11) is 1.93. The normalized spacial score (nSPS) is 11.3. The van der Waals surface area contributed by atoms with Gasteiger partial charge in [-0.15, -0.1) is 0 Å². The minimum absolute atomic E-state index is 0.136. The van der Waals surface area contributed by atoms with Gasteiger partial charge in [0.2, 0.25) is 5.56 Å². The lowest BCUT2D eigenvalue weighted by Gasteiger charge is -1.96. The Labute approximate surface area is 90.8 Å². The van der Waals surface area contributed by atoms with Crippen molar-refractivity contribution in [1.82, 2.24) is 9.55 Å². The number of nitrogens with zero attached hydrogens (tertiary/aromatic N) is 1. The van der Waals surface area contributed by atoms with Gasteiger partial charge in [-0.2, -0.15) is 0 Å². The van der Waals surface area contributed by atoms with Crippen LogP contribution in [0.2, 0.25) is 0 Å². The maximum absolute atomic E-state index is 11.3. The van der Waals surface area contributed by atoms with Crippen molar-refractivity contribution in [2.24, 2.45) is 7.05 Å². The molecule has 0 amide bonds. The fourth-order valence-electron chi connectivity index (χ4n) is 2.12. The summed E-state index contributed by atoms with van der Waals surface area (Å²) in [6.45, 7) is 0. The second kappa shape index (κ2) is 2.88. The third kappa shape index (κ3) is 1.07. The molecule has 0 bridgehead atoms. The van der Waals surface area contributed by atoms with E-state index in [4.69, 9.17) is 0 Å². The first-order chi connectivity index (χ1) is 7.66. The zero-order valence-electron chi connectivity index (χ0n) is 8.69. The molecule has 0 aliphatic rings. The van der Waals surface area contributed by atoms with Crippen LogP contribution in [-0.4, -0.2) is 14.7 Å². The molecule has 0 fully saturated rings.